The Morgan fingerprint density at radius 1 is 1.33 bits per heavy atom. The van der Waals surface area contributed by atoms with Gasteiger partial charge in [-0.05, 0) is 25.1 Å². The highest BCUT2D eigenvalue weighted by molar-refractivity contribution is 6.33. The van der Waals surface area contributed by atoms with Gasteiger partial charge in [0.1, 0.15) is 18.1 Å². The zero-order chi connectivity index (χ0) is 14.8. The highest BCUT2D eigenvalue weighted by Crippen LogP contribution is 2.26. The van der Waals surface area contributed by atoms with E-state index in [1.807, 2.05) is 31.2 Å². The summed E-state index contributed by atoms with van der Waals surface area (Å²) in [7, 11) is 0. The van der Waals surface area contributed by atoms with Crippen LogP contribution in [0.1, 0.15) is 23.0 Å². The first-order valence-electron chi connectivity index (χ1n) is 6.79. The van der Waals surface area contributed by atoms with Crippen LogP contribution in [0, 0.1) is 0 Å². The van der Waals surface area contributed by atoms with E-state index in [1.54, 1.807) is 23.2 Å². The van der Waals surface area contributed by atoms with Gasteiger partial charge in [0.05, 0.1) is 17.6 Å². The predicted octanol–water partition coefficient (Wildman–Crippen LogP) is 3.16. The zero-order valence-corrected chi connectivity index (χ0v) is 12.4. The lowest BCUT2D eigenvalue weighted by Gasteiger charge is -2.26. The Hall–Kier alpha value is -2.07. The highest BCUT2D eigenvalue weighted by Gasteiger charge is 2.28. The normalized spacial score (nSPS) is 17.6. The molecule has 1 aliphatic rings. The summed E-state index contributed by atoms with van der Waals surface area (Å²) in [4.78, 5) is 18.6. The van der Waals surface area contributed by atoms with Crippen molar-refractivity contribution in [3.8, 4) is 5.75 Å². The molecule has 21 heavy (non-hydrogen) atoms. The molecule has 3 rings (SSSR count). The van der Waals surface area contributed by atoms with Gasteiger partial charge in [-0.25, -0.2) is 4.98 Å². The van der Waals surface area contributed by atoms with E-state index in [2.05, 4.69) is 4.98 Å². The lowest BCUT2D eigenvalue weighted by molar-refractivity contribution is 0.0639. The Balaban J connectivity index is 1.94. The first-order valence-corrected chi connectivity index (χ1v) is 7.17. The lowest BCUT2D eigenvalue weighted by atomic mass is 10.1. The first kappa shape index (κ1) is 13.9. The molecule has 0 bridgehead atoms. The van der Waals surface area contributed by atoms with Crippen molar-refractivity contribution in [3.63, 3.8) is 0 Å². The molecule has 0 saturated heterocycles. The molecule has 2 aromatic rings. The van der Waals surface area contributed by atoms with Crippen LogP contribution in [-0.4, -0.2) is 28.4 Å². The second kappa shape index (κ2) is 5.74. The van der Waals surface area contributed by atoms with Crippen LogP contribution in [0.25, 0.3) is 0 Å². The number of hydrogen-bond acceptors (Lipinski definition) is 3. The van der Waals surface area contributed by atoms with Gasteiger partial charge in [0.25, 0.3) is 5.91 Å². The fraction of sp³-hybridized carbons (Fsp3) is 0.250. The number of fused-ring (bicyclic) bond motifs is 1. The smallest absolute Gasteiger partial charge is 0.274 e. The maximum absolute atomic E-state index is 12.7. The first-order chi connectivity index (χ1) is 10.2. The molecule has 0 fully saturated rings. The highest BCUT2D eigenvalue weighted by atomic mass is 35.5. The van der Waals surface area contributed by atoms with Crippen molar-refractivity contribution in [2.24, 2.45) is 0 Å². The molecule has 0 spiro atoms. The third-order valence-corrected chi connectivity index (χ3v) is 3.85. The van der Waals surface area contributed by atoms with E-state index in [4.69, 9.17) is 16.3 Å². The van der Waals surface area contributed by atoms with Crippen molar-refractivity contribution < 1.29 is 9.53 Å². The summed E-state index contributed by atoms with van der Waals surface area (Å²) < 4.78 is 5.76. The monoisotopic (exact) mass is 302 g/mol. The van der Waals surface area contributed by atoms with Gasteiger partial charge < -0.3 is 9.64 Å². The molecule has 1 aliphatic heterocycles. The lowest BCUT2D eigenvalue weighted by Crippen LogP contribution is -2.40. The van der Waals surface area contributed by atoms with Gasteiger partial charge in [0.2, 0.25) is 0 Å². The van der Waals surface area contributed by atoms with E-state index >= 15 is 0 Å². The Morgan fingerprint density at radius 2 is 2.14 bits per heavy atom. The molecule has 1 unspecified atom stereocenters. The summed E-state index contributed by atoms with van der Waals surface area (Å²) in [5.74, 6) is 0.653. The number of amides is 1. The van der Waals surface area contributed by atoms with Gasteiger partial charge in [-0.3, -0.25) is 4.79 Å². The molecule has 1 amide bonds. The fourth-order valence-corrected chi connectivity index (χ4v) is 2.57. The number of carbonyl (C=O) groups excluding carboxylic acids is 1. The summed E-state index contributed by atoms with van der Waals surface area (Å²) in [6, 6.07) is 11.1. The van der Waals surface area contributed by atoms with Crippen molar-refractivity contribution >= 4 is 17.5 Å². The molecular weight excluding hydrogens is 288 g/mol. The van der Waals surface area contributed by atoms with Crippen LogP contribution >= 0.6 is 11.6 Å². The number of pyridine rings is 1. The van der Waals surface area contributed by atoms with Crippen LogP contribution in [0.5, 0.6) is 5.75 Å². The number of halogens is 1. The minimum atomic E-state index is -0.173. The maximum Gasteiger partial charge on any atom is 0.274 e. The third kappa shape index (κ3) is 2.72. The minimum absolute atomic E-state index is 0.0528. The molecule has 0 saturated carbocycles. The largest absolute Gasteiger partial charge is 0.491 e. The Kier molecular flexibility index (Phi) is 3.80. The Labute approximate surface area is 128 Å². The number of nitrogens with zero attached hydrogens (tertiary/aromatic N) is 2. The molecule has 0 aliphatic carbocycles. The summed E-state index contributed by atoms with van der Waals surface area (Å²) >= 11 is 6.09. The topological polar surface area (TPSA) is 42.4 Å². The fourth-order valence-electron chi connectivity index (χ4n) is 2.37. The molecule has 0 radical (unpaired) electrons. The second-order valence-electron chi connectivity index (χ2n) is 5.03. The Bertz CT molecular complexity index is 675. The molecule has 2 heterocycles. The van der Waals surface area contributed by atoms with E-state index in [-0.39, 0.29) is 17.6 Å². The number of carbonyl (C=O) groups is 1. The molecule has 4 nitrogen and oxygen atoms in total. The molecule has 1 atom stereocenters. The molecule has 1 aromatic heterocycles. The number of rotatable bonds is 1. The SMILES string of the molecule is CC1COc2ccccc2CN1C(=O)c1ncccc1Cl. The van der Waals surface area contributed by atoms with Crippen LogP contribution in [0.3, 0.4) is 0 Å². The molecular formula is C16H15ClN2O2. The molecule has 1 aromatic carbocycles. The van der Waals surface area contributed by atoms with Crippen LogP contribution in [0.15, 0.2) is 42.6 Å². The van der Waals surface area contributed by atoms with Crippen molar-refractivity contribution in [3.05, 3.63) is 58.9 Å². The van der Waals surface area contributed by atoms with Crippen LogP contribution in [0.2, 0.25) is 5.02 Å². The van der Waals surface area contributed by atoms with Crippen LogP contribution in [0.4, 0.5) is 0 Å². The number of aromatic nitrogens is 1. The van der Waals surface area contributed by atoms with E-state index in [0.29, 0.717) is 18.2 Å². The van der Waals surface area contributed by atoms with Gasteiger partial charge in [0, 0.05) is 11.8 Å². The quantitative estimate of drug-likeness (QED) is 0.812. The van der Waals surface area contributed by atoms with Crippen molar-refractivity contribution in [1.29, 1.82) is 0 Å². The van der Waals surface area contributed by atoms with Crippen molar-refractivity contribution in [2.75, 3.05) is 6.61 Å². The van der Waals surface area contributed by atoms with E-state index in [0.717, 1.165) is 11.3 Å². The van der Waals surface area contributed by atoms with Crippen LogP contribution in [-0.2, 0) is 6.54 Å². The summed E-state index contributed by atoms with van der Waals surface area (Å²) in [5, 5.41) is 0.369. The summed E-state index contributed by atoms with van der Waals surface area (Å²) in [6.45, 7) is 2.90. The van der Waals surface area contributed by atoms with E-state index in [1.165, 1.54) is 0 Å². The number of hydrogen-bond donors (Lipinski definition) is 0. The van der Waals surface area contributed by atoms with Gasteiger partial charge in [0.15, 0.2) is 0 Å². The van der Waals surface area contributed by atoms with E-state index < -0.39 is 0 Å². The van der Waals surface area contributed by atoms with E-state index in [9.17, 15) is 4.79 Å². The third-order valence-electron chi connectivity index (χ3n) is 3.55. The van der Waals surface area contributed by atoms with Gasteiger partial charge in [-0.15, -0.1) is 0 Å². The summed E-state index contributed by atoms with van der Waals surface area (Å²) in [5.41, 5.74) is 1.27. The van der Waals surface area contributed by atoms with Crippen molar-refractivity contribution in [2.45, 2.75) is 19.5 Å². The second-order valence-corrected chi connectivity index (χ2v) is 5.44. The average Bonchev–Trinajstić information content (AvgIpc) is 2.67. The minimum Gasteiger partial charge on any atom is -0.491 e. The standard InChI is InChI=1S/C16H15ClN2O2/c1-11-10-21-14-7-3-2-5-12(14)9-19(11)16(20)15-13(17)6-4-8-18-15/h2-8,11H,9-10H2,1H3. The number of para-hydroxylation sites is 1. The number of ether oxygens (including phenoxy) is 1. The Morgan fingerprint density at radius 3 is 2.95 bits per heavy atom. The molecule has 108 valence electrons. The van der Waals surface area contributed by atoms with Gasteiger partial charge >= 0.3 is 0 Å². The zero-order valence-electron chi connectivity index (χ0n) is 11.6. The summed E-state index contributed by atoms with van der Waals surface area (Å²) in [6.07, 6.45) is 1.58. The molecule has 0 N–H and O–H groups in total. The van der Waals surface area contributed by atoms with Crippen molar-refractivity contribution in [1.82, 2.24) is 9.88 Å². The van der Waals surface area contributed by atoms with Gasteiger partial charge in [-0.2, -0.15) is 0 Å². The molecule has 5 heteroatoms. The van der Waals surface area contributed by atoms with Gasteiger partial charge in [-0.1, -0.05) is 29.8 Å². The maximum atomic E-state index is 12.7. The average molecular weight is 303 g/mol. The predicted molar refractivity (Wildman–Crippen MR) is 80.5 cm³/mol. The van der Waals surface area contributed by atoms with Crippen LogP contribution < -0.4 is 4.74 Å². The number of benzene rings is 1.